The maximum Gasteiger partial charge on any atom is 0.235 e. The van der Waals surface area contributed by atoms with E-state index in [2.05, 4.69) is 25.3 Å². The molecule has 3 aromatic rings. The van der Waals surface area contributed by atoms with Crippen molar-refractivity contribution in [3.63, 3.8) is 0 Å². The number of nitrogens with zero attached hydrogens (tertiary/aromatic N) is 4. The molecule has 7 nitrogen and oxygen atoms in total. The van der Waals surface area contributed by atoms with Gasteiger partial charge in [0, 0.05) is 43.8 Å². The van der Waals surface area contributed by atoms with Crippen LogP contribution >= 0.6 is 11.3 Å². The number of rotatable bonds is 7. The van der Waals surface area contributed by atoms with Crippen molar-refractivity contribution in [1.29, 1.82) is 0 Å². The SMILES string of the molecule is Cc1cc(CN2CCN(CC(=O)NC(c3ccccc3)c3nccs3)CC2)on1. The van der Waals surface area contributed by atoms with Crippen LogP contribution in [-0.4, -0.2) is 58.6 Å². The normalized spacial score (nSPS) is 16.6. The lowest BCUT2D eigenvalue weighted by Crippen LogP contribution is -2.49. The van der Waals surface area contributed by atoms with E-state index in [1.165, 1.54) is 0 Å². The van der Waals surface area contributed by atoms with E-state index in [4.69, 9.17) is 4.52 Å². The number of nitrogens with one attached hydrogen (secondary N) is 1. The van der Waals surface area contributed by atoms with Crippen LogP contribution in [-0.2, 0) is 11.3 Å². The molecule has 1 N–H and O–H groups in total. The van der Waals surface area contributed by atoms with Crippen LogP contribution in [0.3, 0.4) is 0 Å². The van der Waals surface area contributed by atoms with Crippen molar-refractivity contribution < 1.29 is 9.32 Å². The second kappa shape index (κ2) is 9.30. The summed E-state index contributed by atoms with van der Waals surface area (Å²) >= 11 is 1.56. The summed E-state index contributed by atoms with van der Waals surface area (Å²) in [4.78, 5) is 21.7. The first-order valence-corrected chi connectivity index (χ1v) is 10.7. The van der Waals surface area contributed by atoms with Crippen molar-refractivity contribution in [2.45, 2.75) is 19.5 Å². The molecule has 1 unspecified atom stereocenters. The summed E-state index contributed by atoms with van der Waals surface area (Å²) in [5.74, 6) is 0.913. The Morgan fingerprint density at radius 2 is 1.97 bits per heavy atom. The second-order valence-electron chi connectivity index (χ2n) is 7.27. The average Bonchev–Trinajstić information content (AvgIpc) is 3.40. The molecule has 1 fully saturated rings. The fourth-order valence-electron chi connectivity index (χ4n) is 3.54. The Balaban J connectivity index is 1.30. The van der Waals surface area contributed by atoms with Gasteiger partial charge in [0.25, 0.3) is 0 Å². The van der Waals surface area contributed by atoms with Gasteiger partial charge >= 0.3 is 0 Å². The number of hydrogen-bond donors (Lipinski definition) is 1. The summed E-state index contributed by atoms with van der Waals surface area (Å²) in [7, 11) is 0. The number of carbonyl (C=O) groups is 1. The van der Waals surface area contributed by atoms with Gasteiger partial charge in [-0.2, -0.15) is 0 Å². The maximum absolute atomic E-state index is 12.8. The lowest BCUT2D eigenvalue weighted by Gasteiger charge is -2.33. The van der Waals surface area contributed by atoms with E-state index in [0.717, 1.165) is 54.7 Å². The van der Waals surface area contributed by atoms with Crippen LogP contribution in [0.1, 0.15) is 28.1 Å². The van der Waals surface area contributed by atoms with Gasteiger partial charge in [-0.25, -0.2) is 4.98 Å². The predicted octanol–water partition coefficient (Wildman–Crippen LogP) is 2.46. The summed E-state index contributed by atoms with van der Waals surface area (Å²) in [5, 5.41) is 9.94. The molecule has 0 bridgehead atoms. The molecule has 1 aliphatic heterocycles. The Morgan fingerprint density at radius 1 is 1.21 bits per heavy atom. The molecule has 3 heterocycles. The molecule has 1 amide bonds. The van der Waals surface area contributed by atoms with E-state index in [0.29, 0.717) is 6.54 Å². The van der Waals surface area contributed by atoms with Crippen molar-refractivity contribution in [1.82, 2.24) is 25.3 Å². The number of benzene rings is 1. The first kappa shape index (κ1) is 19.8. The molecule has 1 saturated heterocycles. The van der Waals surface area contributed by atoms with E-state index in [-0.39, 0.29) is 11.9 Å². The van der Waals surface area contributed by atoms with Crippen LogP contribution < -0.4 is 5.32 Å². The summed E-state index contributed by atoms with van der Waals surface area (Å²) in [6, 6.07) is 11.8. The Bertz CT molecular complexity index is 904. The Labute approximate surface area is 174 Å². The van der Waals surface area contributed by atoms with Crippen LogP contribution in [0.15, 0.2) is 52.5 Å². The van der Waals surface area contributed by atoms with Crippen LogP contribution in [0.4, 0.5) is 0 Å². The molecule has 8 heteroatoms. The number of amides is 1. The number of hydrogen-bond acceptors (Lipinski definition) is 7. The van der Waals surface area contributed by atoms with Gasteiger partial charge in [-0.1, -0.05) is 35.5 Å². The van der Waals surface area contributed by atoms with Gasteiger partial charge in [0.2, 0.25) is 5.91 Å². The van der Waals surface area contributed by atoms with Crippen molar-refractivity contribution in [3.8, 4) is 0 Å². The average molecular weight is 412 g/mol. The molecule has 152 valence electrons. The Kier molecular flexibility index (Phi) is 6.33. The molecule has 1 atom stereocenters. The molecule has 0 saturated carbocycles. The summed E-state index contributed by atoms with van der Waals surface area (Å²) in [5.41, 5.74) is 1.95. The molecule has 0 aliphatic carbocycles. The van der Waals surface area contributed by atoms with Crippen molar-refractivity contribution in [2.24, 2.45) is 0 Å². The quantitative estimate of drug-likeness (QED) is 0.644. The highest BCUT2D eigenvalue weighted by Crippen LogP contribution is 2.23. The van der Waals surface area contributed by atoms with Crippen LogP contribution in [0, 0.1) is 6.92 Å². The standard InChI is InChI=1S/C21H25N5O2S/c1-16-13-18(28-24-16)14-25-8-10-26(11-9-25)15-19(27)23-20(21-22-7-12-29-21)17-5-3-2-4-6-17/h2-7,12-13,20H,8-11,14-15H2,1H3,(H,23,27). The molecule has 4 rings (SSSR count). The topological polar surface area (TPSA) is 74.5 Å². The number of carbonyl (C=O) groups excluding carboxylic acids is 1. The zero-order valence-corrected chi connectivity index (χ0v) is 17.3. The first-order valence-electron chi connectivity index (χ1n) is 9.78. The molecular formula is C21H25N5O2S. The van der Waals surface area contributed by atoms with Crippen molar-refractivity contribution in [2.75, 3.05) is 32.7 Å². The van der Waals surface area contributed by atoms with Gasteiger partial charge in [-0.3, -0.25) is 14.6 Å². The number of thiazole rings is 1. The zero-order chi connectivity index (χ0) is 20.1. The summed E-state index contributed by atoms with van der Waals surface area (Å²) in [6.07, 6.45) is 1.78. The third kappa shape index (κ3) is 5.29. The van der Waals surface area contributed by atoms with E-state index in [1.54, 1.807) is 17.5 Å². The lowest BCUT2D eigenvalue weighted by molar-refractivity contribution is -0.123. The van der Waals surface area contributed by atoms with Crippen LogP contribution in [0.2, 0.25) is 0 Å². The zero-order valence-electron chi connectivity index (χ0n) is 16.5. The fourth-order valence-corrected chi connectivity index (χ4v) is 4.25. The number of piperazine rings is 1. The van der Waals surface area contributed by atoms with Gasteiger partial charge in [0.1, 0.15) is 11.0 Å². The van der Waals surface area contributed by atoms with Gasteiger partial charge in [0.05, 0.1) is 18.8 Å². The molecule has 1 aromatic carbocycles. The van der Waals surface area contributed by atoms with Gasteiger partial charge < -0.3 is 9.84 Å². The minimum absolute atomic E-state index is 0.0216. The predicted molar refractivity (Wildman–Crippen MR) is 111 cm³/mol. The second-order valence-corrected chi connectivity index (χ2v) is 8.19. The highest BCUT2D eigenvalue weighted by atomic mass is 32.1. The summed E-state index contributed by atoms with van der Waals surface area (Å²) < 4.78 is 5.31. The van der Waals surface area contributed by atoms with E-state index >= 15 is 0 Å². The maximum atomic E-state index is 12.8. The number of aromatic nitrogens is 2. The lowest BCUT2D eigenvalue weighted by atomic mass is 10.1. The monoisotopic (exact) mass is 411 g/mol. The Hall–Kier alpha value is -2.55. The molecule has 0 spiro atoms. The highest BCUT2D eigenvalue weighted by molar-refractivity contribution is 7.09. The van der Waals surface area contributed by atoms with Crippen LogP contribution in [0.5, 0.6) is 0 Å². The molecule has 1 aliphatic rings. The van der Waals surface area contributed by atoms with Crippen molar-refractivity contribution in [3.05, 3.63) is 70.0 Å². The third-order valence-corrected chi connectivity index (χ3v) is 5.87. The molecule has 2 aromatic heterocycles. The minimum atomic E-state index is -0.209. The van der Waals surface area contributed by atoms with E-state index in [1.807, 2.05) is 48.7 Å². The fraction of sp³-hybridized carbons (Fsp3) is 0.381. The van der Waals surface area contributed by atoms with Gasteiger partial charge in [-0.05, 0) is 12.5 Å². The van der Waals surface area contributed by atoms with Crippen LogP contribution in [0.25, 0.3) is 0 Å². The van der Waals surface area contributed by atoms with Gasteiger partial charge in [-0.15, -0.1) is 11.3 Å². The minimum Gasteiger partial charge on any atom is -0.360 e. The number of aryl methyl sites for hydroxylation is 1. The third-order valence-electron chi connectivity index (χ3n) is 5.02. The highest BCUT2D eigenvalue weighted by Gasteiger charge is 2.23. The van der Waals surface area contributed by atoms with Crippen molar-refractivity contribution >= 4 is 17.2 Å². The summed E-state index contributed by atoms with van der Waals surface area (Å²) in [6.45, 7) is 6.60. The largest absolute Gasteiger partial charge is 0.360 e. The molecular weight excluding hydrogens is 386 g/mol. The Morgan fingerprint density at radius 3 is 2.62 bits per heavy atom. The van der Waals surface area contributed by atoms with E-state index < -0.39 is 0 Å². The molecule has 0 radical (unpaired) electrons. The smallest absolute Gasteiger partial charge is 0.235 e. The van der Waals surface area contributed by atoms with Gasteiger partial charge in [0.15, 0.2) is 5.76 Å². The van der Waals surface area contributed by atoms with E-state index in [9.17, 15) is 4.79 Å². The first-order chi connectivity index (χ1) is 14.2. The molecule has 29 heavy (non-hydrogen) atoms.